The topological polar surface area (TPSA) is 29.5 Å². The molecule has 31 heavy (non-hydrogen) atoms. The van der Waals surface area contributed by atoms with Crippen LogP contribution in [0.3, 0.4) is 0 Å². The summed E-state index contributed by atoms with van der Waals surface area (Å²) in [5.74, 6) is -0.106. The average Bonchev–Trinajstić information content (AvgIpc) is 2.85. The summed E-state index contributed by atoms with van der Waals surface area (Å²) in [4.78, 5) is 17.8. The molecule has 0 atom stereocenters. The number of likely N-dealkylation sites (N-methyl/N-ethyl adjacent to an activating group) is 1. The fourth-order valence-corrected chi connectivity index (χ4v) is 12.3. The van der Waals surface area contributed by atoms with Gasteiger partial charge in [0, 0.05) is 0 Å². The van der Waals surface area contributed by atoms with Crippen molar-refractivity contribution in [2.24, 2.45) is 0 Å². The van der Waals surface area contributed by atoms with Crippen molar-refractivity contribution in [1.82, 2.24) is 5.06 Å². The molecule has 1 fully saturated rings. The van der Waals surface area contributed by atoms with Crippen LogP contribution in [-0.2, 0) is 9.63 Å². The van der Waals surface area contributed by atoms with Gasteiger partial charge in [0.15, 0.2) is 0 Å². The van der Waals surface area contributed by atoms with E-state index in [1.54, 1.807) is 13.1 Å². The quantitative estimate of drug-likeness (QED) is 0.343. The van der Waals surface area contributed by atoms with E-state index in [2.05, 4.69) is 91.0 Å². The van der Waals surface area contributed by atoms with Crippen LogP contribution in [-0.4, -0.2) is 37.5 Å². The van der Waals surface area contributed by atoms with Gasteiger partial charge in [-0.25, -0.2) is 0 Å². The monoisotopic (exact) mass is 431 g/mol. The second-order valence-electron chi connectivity index (χ2n) is 8.32. The molecule has 4 rings (SSSR count). The Balaban J connectivity index is 2.02. The van der Waals surface area contributed by atoms with E-state index >= 15 is 0 Å². The maximum absolute atomic E-state index is 12.7. The number of hydrogen-bond acceptors (Lipinski definition) is 2. The fourth-order valence-electron chi connectivity index (χ4n) is 5.21. The normalized spacial score (nSPS) is 19.8. The van der Waals surface area contributed by atoms with Gasteiger partial charge in [-0.2, -0.15) is 0 Å². The van der Waals surface area contributed by atoms with Crippen molar-refractivity contribution in [2.45, 2.75) is 12.8 Å². The van der Waals surface area contributed by atoms with E-state index in [0.29, 0.717) is 0 Å². The number of benzene rings is 3. The first kappa shape index (κ1) is 21.5. The zero-order valence-electron chi connectivity index (χ0n) is 18.3. The number of carbonyl (C=O) groups excluding carboxylic acids is 1. The van der Waals surface area contributed by atoms with Gasteiger partial charge in [0.1, 0.15) is 0 Å². The molecule has 3 nitrogen and oxygen atoms in total. The number of hydroxylamine groups is 2. The molecule has 3 aromatic carbocycles. The molecule has 0 aliphatic carbocycles. The molecule has 0 N–H and O–H groups in total. The van der Waals surface area contributed by atoms with E-state index in [9.17, 15) is 4.79 Å². The third-order valence-corrected chi connectivity index (χ3v) is 13.8. The molecule has 0 aromatic heterocycles. The van der Waals surface area contributed by atoms with Gasteiger partial charge in [-0.05, 0) is 0 Å². The molecular weight excluding hydrogens is 401 g/mol. The van der Waals surface area contributed by atoms with Crippen molar-refractivity contribution in [3.05, 3.63) is 103 Å². The van der Waals surface area contributed by atoms with Crippen LogP contribution in [0.2, 0.25) is 0 Å². The van der Waals surface area contributed by atoms with E-state index in [0.717, 1.165) is 25.2 Å². The molecular formula is C27H30NO2P. The second-order valence-corrected chi connectivity index (χ2v) is 13.6. The SMILES string of the molecule is CON(C)C(=O)/C=C1\CCCP(c2ccccc2)(c2ccccc2)(c2ccccc2)C1. The second kappa shape index (κ2) is 8.78. The molecule has 1 aliphatic rings. The summed E-state index contributed by atoms with van der Waals surface area (Å²) < 4.78 is 0. The summed E-state index contributed by atoms with van der Waals surface area (Å²) in [6, 6.07) is 32.9. The first-order valence-corrected chi connectivity index (χ1v) is 13.4. The van der Waals surface area contributed by atoms with Crippen molar-refractivity contribution < 1.29 is 9.63 Å². The van der Waals surface area contributed by atoms with Crippen LogP contribution in [0.15, 0.2) is 103 Å². The van der Waals surface area contributed by atoms with Gasteiger partial charge >= 0.3 is 185 Å². The molecule has 0 saturated carbocycles. The van der Waals surface area contributed by atoms with Crippen molar-refractivity contribution in [1.29, 1.82) is 0 Å². The molecule has 1 heterocycles. The predicted molar refractivity (Wildman–Crippen MR) is 132 cm³/mol. The summed E-state index contributed by atoms with van der Waals surface area (Å²) in [7, 11) is 3.18. The Morgan fingerprint density at radius 1 is 0.839 bits per heavy atom. The molecule has 1 saturated heterocycles. The Kier molecular flexibility index (Phi) is 6.09. The van der Waals surface area contributed by atoms with Crippen LogP contribution in [0.25, 0.3) is 0 Å². The molecule has 1 aliphatic heterocycles. The Morgan fingerprint density at radius 3 is 1.71 bits per heavy atom. The zero-order chi connectivity index (χ0) is 21.8. The molecule has 1 amide bonds. The minimum atomic E-state index is -2.83. The summed E-state index contributed by atoms with van der Waals surface area (Å²) >= 11 is 0. The van der Waals surface area contributed by atoms with Gasteiger partial charge in [-0.15, -0.1) is 0 Å². The summed E-state index contributed by atoms with van der Waals surface area (Å²) in [5.41, 5.74) is 1.20. The average molecular weight is 432 g/mol. The van der Waals surface area contributed by atoms with E-state index in [4.69, 9.17) is 4.84 Å². The fraction of sp³-hybridized carbons (Fsp3) is 0.222. The number of amides is 1. The van der Waals surface area contributed by atoms with Crippen molar-refractivity contribution in [3.8, 4) is 0 Å². The summed E-state index contributed by atoms with van der Waals surface area (Å²) in [6.07, 6.45) is 5.78. The van der Waals surface area contributed by atoms with Crippen molar-refractivity contribution in [2.75, 3.05) is 26.5 Å². The predicted octanol–water partition coefficient (Wildman–Crippen LogP) is 4.26. The van der Waals surface area contributed by atoms with Crippen LogP contribution in [0, 0.1) is 0 Å². The van der Waals surface area contributed by atoms with Gasteiger partial charge in [-0.3, -0.25) is 0 Å². The van der Waals surface area contributed by atoms with E-state index in [-0.39, 0.29) is 5.91 Å². The van der Waals surface area contributed by atoms with Crippen LogP contribution < -0.4 is 15.9 Å². The Morgan fingerprint density at radius 2 is 1.29 bits per heavy atom. The molecule has 0 radical (unpaired) electrons. The van der Waals surface area contributed by atoms with E-state index in [1.807, 2.05) is 0 Å². The zero-order valence-corrected chi connectivity index (χ0v) is 19.2. The molecule has 0 spiro atoms. The van der Waals surface area contributed by atoms with Crippen molar-refractivity contribution in [3.63, 3.8) is 0 Å². The Bertz CT molecular complexity index is 965. The van der Waals surface area contributed by atoms with Gasteiger partial charge in [-0.1, -0.05) is 0 Å². The number of allylic oxidation sites excluding steroid dienone is 1. The van der Waals surface area contributed by atoms with Crippen LogP contribution in [0.1, 0.15) is 12.8 Å². The molecule has 4 heteroatoms. The minimum absolute atomic E-state index is 0.106. The van der Waals surface area contributed by atoms with E-state index in [1.165, 1.54) is 33.7 Å². The van der Waals surface area contributed by atoms with Gasteiger partial charge in [0.05, 0.1) is 0 Å². The van der Waals surface area contributed by atoms with Crippen LogP contribution >= 0.6 is 6.60 Å². The standard InChI is InChI=1S/C27H30NO2P/c1-28(30-2)27(29)21-23-13-12-20-31(22-23,24-14-6-3-7-15-24,25-16-8-4-9-17-25)26-18-10-5-11-19-26/h3-11,14-19,21H,12-13,20,22H2,1-2H3/b23-21+. The molecule has 0 unspecified atom stereocenters. The number of hydrogen-bond donors (Lipinski definition) is 0. The number of carbonyl (C=O) groups is 1. The third kappa shape index (κ3) is 3.63. The first-order chi connectivity index (χ1) is 15.1. The summed E-state index contributed by atoms with van der Waals surface area (Å²) in [6.45, 7) is -2.83. The van der Waals surface area contributed by atoms with Gasteiger partial charge in [0.2, 0.25) is 0 Å². The van der Waals surface area contributed by atoms with Crippen LogP contribution in [0.5, 0.6) is 0 Å². The van der Waals surface area contributed by atoms with Crippen molar-refractivity contribution >= 4 is 28.4 Å². The van der Waals surface area contributed by atoms with Gasteiger partial charge in [0.25, 0.3) is 0 Å². The van der Waals surface area contributed by atoms with Crippen LogP contribution in [0.4, 0.5) is 0 Å². The number of rotatable bonds is 5. The Labute approximate surface area is 185 Å². The third-order valence-electron chi connectivity index (χ3n) is 6.75. The van der Waals surface area contributed by atoms with E-state index < -0.39 is 6.60 Å². The molecule has 0 bridgehead atoms. The summed E-state index contributed by atoms with van der Waals surface area (Å²) in [5, 5.41) is 5.47. The number of nitrogens with zero attached hydrogens (tertiary/aromatic N) is 1. The molecule has 3 aromatic rings. The first-order valence-electron chi connectivity index (χ1n) is 10.8. The van der Waals surface area contributed by atoms with Gasteiger partial charge < -0.3 is 0 Å². The maximum atomic E-state index is 12.7. The Hall–Kier alpha value is -2.74. The molecule has 160 valence electrons.